The molecule has 0 spiro atoms. The molecule has 90 valence electrons. The third-order valence-electron chi connectivity index (χ3n) is 2.66. The molecule has 0 saturated carbocycles. The van der Waals surface area contributed by atoms with E-state index in [9.17, 15) is 0 Å². The van der Waals surface area contributed by atoms with Crippen LogP contribution in [0.3, 0.4) is 0 Å². The van der Waals surface area contributed by atoms with Gasteiger partial charge < -0.3 is 10.5 Å². The zero-order chi connectivity index (χ0) is 12.3. The molecule has 0 aliphatic heterocycles. The van der Waals surface area contributed by atoms with Crippen molar-refractivity contribution in [3.8, 4) is 11.6 Å². The monoisotopic (exact) mass is 231 g/mol. The molecule has 0 amide bonds. The largest absolute Gasteiger partial charge is 0.437 e. The van der Waals surface area contributed by atoms with Gasteiger partial charge in [-0.3, -0.25) is 5.10 Å². The number of H-pyrrole nitrogens is 1. The lowest BCUT2D eigenvalue weighted by Crippen LogP contribution is -2.09. The van der Waals surface area contributed by atoms with Crippen LogP contribution in [0.5, 0.6) is 11.6 Å². The van der Waals surface area contributed by atoms with Crippen LogP contribution in [-0.2, 0) is 0 Å². The topological polar surface area (TPSA) is 63.9 Å². The van der Waals surface area contributed by atoms with Crippen molar-refractivity contribution in [2.45, 2.75) is 26.3 Å². The van der Waals surface area contributed by atoms with Crippen molar-refractivity contribution >= 4 is 0 Å². The van der Waals surface area contributed by atoms with Crippen LogP contribution in [0.25, 0.3) is 0 Å². The van der Waals surface area contributed by atoms with Crippen LogP contribution in [0, 0.1) is 6.92 Å². The van der Waals surface area contributed by atoms with Crippen LogP contribution in [-0.4, -0.2) is 10.2 Å². The van der Waals surface area contributed by atoms with Crippen LogP contribution in [0.4, 0.5) is 0 Å². The fourth-order valence-electron chi connectivity index (χ4n) is 1.66. The van der Waals surface area contributed by atoms with E-state index in [1.54, 1.807) is 0 Å². The van der Waals surface area contributed by atoms with Gasteiger partial charge in [-0.2, -0.15) is 0 Å². The molecule has 17 heavy (non-hydrogen) atoms. The Balaban J connectivity index is 2.26. The van der Waals surface area contributed by atoms with E-state index in [2.05, 4.69) is 17.1 Å². The van der Waals surface area contributed by atoms with E-state index in [4.69, 9.17) is 10.5 Å². The number of benzene rings is 1. The third-order valence-corrected chi connectivity index (χ3v) is 2.66. The summed E-state index contributed by atoms with van der Waals surface area (Å²) >= 11 is 0. The molecule has 0 bridgehead atoms. The first-order chi connectivity index (χ1) is 8.20. The van der Waals surface area contributed by atoms with E-state index in [1.807, 2.05) is 37.3 Å². The van der Waals surface area contributed by atoms with Crippen molar-refractivity contribution < 1.29 is 4.74 Å². The number of rotatable bonds is 4. The molecule has 0 fully saturated rings. The Kier molecular flexibility index (Phi) is 3.44. The first kappa shape index (κ1) is 11.7. The summed E-state index contributed by atoms with van der Waals surface area (Å²) in [7, 11) is 0. The Morgan fingerprint density at radius 2 is 2.18 bits per heavy atom. The van der Waals surface area contributed by atoms with Crippen molar-refractivity contribution in [2.75, 3.05) is 0 Å². The molecule has 0 radical (unpaired) electrons. The fraction of sp³-hybridized carbons (Fsp3) is 0.308. The van der Waals surface area contributed by atoms with Gasteiger partial charge >= 0.3 is 0 Å². The quantitative estimate of drug-likeness (QED) is 0.850. The van der Waals surface area contributed by atoms with Crippen LogP contribution in [0.15, 0.2) is 30.3 Å². The lowest BCUT2D eigenvalue weighted by atomic mass is 10.0. The predicted octanol–water partition coefficient (Wildman–Crippen LogP) is 2.92. The molecule has 1 aromatic heterocycles. The Bertz CT molecular complexity index is 493. The molecule has 2 rings (SSSR count). The van der Waals surface area contributed by atoms with Gasteiger partial charge in [0.25, 0.3) is 0 Å². The summed E-state index contributed by atoms with van der Waals surface area (Å²) in [6, 6.07) is 9.65. The molecular formula is C13H17N3O. The number of hydrogen-bond donors (Lipinski definition) is 2. The number of nitrogens with zero attached hydrogens (tertiary/aromatic N) is 1. The lowest BCUT2D eigenvalue weighted by Gasteiger charge is -2.13. The van der Waals surface area contributed by atoms with Gasteiger partial charge in [0, 0.05) is 23.4 Å². The number of nitrogens with one attached hydrogen (secondary N) is 1. The third kappa shape index (κ3) is 2.65. The molecule has 4 heteroatoms. The second kappa shape index (κ2) is 5.01. The van der Waals surface area contributed by atoms with Crippen LogP contribution in [0.2, 0.25) is 0 Å². The number of aromatic nitrogens is 2. The molecule has 4 nitrogen and oxygen atoms in total. The minimum absolute atomic E-state index is 0.00811. The highest BCUT2D eigenvalue weighted by molar-refractivity contribution is 5.38. The van der Waals surface area contributed by atoms with Gasteiger partial charge in [-0.25, -0.2) is 0 Å². The van der Waals surface area contributed by atoms with Gasteiger partial charge in [0.1, 0.15) is 5.75 Å². The molecule has 2 aromatic rings. The first-order valence-electron chi connectivity index (χ1n) is 5.75. The Morgan fingerprint density at radius 1 is 1.41 bits per heavy atom. The summed E-state index contributed by atoms with van der Waals surface area (Å²) in [6.07, 6.45) is 0.875. The normalized spacial score (nSPS) is 12.4. The zero-order valence-electron chi connectivity index (χ0n) is 10.1. The average Bonchev–Trinajstić information content (AvgIpc) is 2.74. The van der Waals surface area contributed by atoms with E-state index in [-0.39, 0.29) is 6.04 Å². The number of nitrogens with two attached hydrogens (primary N) is 1. The molecule has 0 unspecified atom stereocenters. The van der Waals surface area contributed by atoms with Crippen LogP contribution in [0.1, 0.15) is 30.6 Å². The first-order valence-corrected chi connectivity index (χ1v) is 5.75. The van der Waals surface area contributed by atoms with E-state index in [0.29, 0.717) is 5.88 Å². The van der Waals surface area contributed by atoms with E-state index < -0.39 is 0 Å². The Hall–Kier alpha value is -1.81. The second-order valence-corrected chi connectivity index (χ2v) is 4.04. The maximum absolute atomic E-state index is 6.05. The number of aryl methyl sites for hydroxylation is 1. The highest BCUT2D eigenvalue weighted by Gasteiger charge is 2.11. The van der Waals surface area contributed by atoms with Gasteiger partial charge in [0.05, 0.1) is 0 Å². The highest BCUT2D eigenvalue weighted by Crippen LogP contribution is 2.28. The van der Waals surface area contributed by atoms with Gasteiger partial charge in [0.15, 0.2) is 0 Å². The maximum Gasteiger partial charge on any atom is 0.238 e. The summed E-state index contributed by atoms with van der Waals surface area (Å²) < 4.78 is 5.73. The minimum Gasteiger partial charge on any atom is -0.437 e. The SMILES string of the molecule is CC[C@H](N)c1ccccc1Oc1cc(C)[nH]n1. The van der Waals surface area contributed by atoms with Crippen molar-refractivity contribution in [1.82, 2.24) is 10.2 Å². The number of aromatic amines is 1. The molecule has 1 heterocycles. The predicted molar refractivity (Wildman–Crippen MR) is 67.1 cm³/mol. The highest BCUT2D eigenvalue weighted by atomic mass is 16.5. The fourth-order valence-corrected chi connectivity index (χ4v) is 1.66. The van der Waals surface area contributed by atoms with Crippen molar-refractivity contribution in [2.24, 2.45) is 5.73 Å². The number of para-hydroxylation sites is 1. The van der Waals surface area contributed by atoms with Crippen LogP contribution >= 0.6 is 0 Å². The van der Waals surface area contributed by atoms with Crippen molar-refractivity contribution in [3.63, 3.8) is 0 Å². The summed E-state index contributed by atoms with van der Waals surface area (Å²) in [5.74, 6) is 1.34. The van der Waals surface area contributed by atoms with E-state index >= 15 is 0 Å². The van der Waals surface area contributed by atoms with E-state index in [1.165, 1.54) is 0 Å². The smallest absolute Gasteiger partial charge is 0.238 e. The summed E-state index contributed by atoms with van der Waals surface area (Å²) in [5, 5.41) is 6.89. The standard InChI is InChI=1S/C13H17N3O/c1-3-11(14)10-6-4-5-7-12(10)17-13-8-9(2)15-16-13/h4-8,11H,3,14H2,1-2H3,(H,15,16)/t11-/m0/s1. The summed E-state index contributed by atoms with van der Waals surface area (Å²) in [6.45, 7) is 3.99. The lowest BCUT2D eigenvalue weighted by molar-refractivity contribution is 0.449. The molecule has 0 aliphatic carbocycles. The minimum atomic E-state index is -0.00811. The van der Waals surface area contributed by atoms with Crippen molar-refractivity contribution in [3.05, 3.63) is 41.6 Å². The molecule has 1 aromatic carbocycles. The number of ether oxygens (including phenoxy) is 1. The van der Waals surface area contributed by atoms with Crippen molar-refractivity contribution in [1.29, 1.82) is 0 Å². The zero-order valence-corrected chi connectivity index (χ0v) is 10.1. The Morgan fingerprint density at radius 3 is 2.82 bits per heavy atom. The summed E-state index contributed by atoms with van der Waals surface area (Å²) in [4.78, 5) is 0. The Labute approximate surface area is 101 Å². The van der Waals surface area contributed by atoms with Gasteiger partial charge in [-0.1, -0.05) is 25.1 Å². The van der Waals surface area contributed by atoms with Gasteiger partial charge in [-0.15, -0.1) is 5.10 Å². The summed E-state index contributed by atoms with van der Waals surface area (Å²) in [5.41, 5.74) is 8.03. The molecule has 3 N–H and O–H groups in total. The molecule has 0 aliphatic rings. The maximum atomic E-state index is 6.05. The van der Waals surface area contributed by atoms with E-state index in [0.717, 1.165) is 23.4 Å². The van der Waals surface area contributed by atoms with Crippen LogP contribution < -0.4 is 10.5 Å². The van der Waals surface area contributed by atoms with Gasteiger partial charge in [-0.05, 0) is 19.4 Å². The number of hydrogen-bond acceptors (Lipinski definition) is 3. The molecule has 1 atom stereocenters. The molecule has 0 saturated heterocycles. The van der Waals surface area contributed by atoms with Gasteiger partial charge in [0.2, 0.25) is 5.88 Å². The second-order valence-electron chi connectivity index (χ2n) is 4.04. The molecular weight excluding hydrogens is 214 g/mol. The average molecular weight is 231 g/mol.